The second-order valence-electron chi connectivity index (χ2n) is 7.06. The SMILES string of the molecule is COc1ccc(OC)c(N2C[C@H](C(=O)OCC(=O)Nc3ccc(C)c(Cl)c3)CC2=O)c1. The Morgan fingerprint density at radius 3 is 2.61 bits per heavy atom. The molecule has 0 radical (unpaired) electrons. The normalized spacial score (nSPS) is 15.5. The van der Waals surface area contributed by atoms with Crippen LogP contribution in [0, 0.1) is 12.8 Å². The predicted octanol–water partition coefficient (Wildman–Crippen LogP) is 3.20. The average molecular weight is 447 g/mol. The van der Waals surface area contributed by atoms with E-state index in [4.69, 9.17) is 25.8 Å². The summed E-state index contributed by atoms with van der Waals surface area (Å²) >= 11 is 6.04. The van der Waals surface area contributed by atoms with Crippen LogP contribution in [0.1, 0.15) is 12.0 Å². The molecule has 0 unspecified atom stereocenters. The van der Waals surface area contributed by atoms with E-state index in [1.165, 1.54) is 19.1 Å². The van der Waals surface area contributed by atoms with Gasteiger partial charge in [-0.25, -0.2) is 0 Å². The highest BCUT2D eigenvalue weighted by Crippen LogP contribution is 2.36. The van der Waals surface area contributed by atoms with Gasteiger partial charge in [0.25, 0.3) is 5.91 Å². The monoisotopic (exact) mass is 446 g/mol. The van der Waals surface area contributed by atoms with Crippen molar-refractivity contribution in [3.8, 4) is 11.5 Å². The summed E-state index contributed by atoms with van der Waals surface area (Å²) in [4.78, 5) is 38.5. The first-order valence-corrected chi connectivity index (χ1v) is 9.95. The van der Waals surface area contributed by atoms with E-state index in [0.717, 1.165) is 5.56 Å². The van der Waals surface area contributed by atoms with Gasteiger partial charge in [-0.1, -0.05) is 17.7 Å². The lowest BCUT2D eigenvalue weighted by Gasteiger charge is -2.20. The summed E-state index contributed by atoms with van der Waals surface area (Å²) in [6, 6.07) is 10.2. The van der Waals surface area contributed by atoms with E-state index in [1.54, 1.807) is 36.4 Å². The van der Waals surface area contributed by atoms with Gasteiger partial charge in [-0.3, -0.25) is 14.4 Å². The number of halogens is 1. The van der Waals surface area contributed by atoms with Crippen molar-refractivity contribution in [1.82, 2.24) is 0 Å². The Balaban J connectivity index is 1.59. The summed E-state index contributed by atoms with van der Waals surface area (Å²) in [5.74, 6) is -1.00. The Morgan fingerprint density at radius 1 is 1.16 bits per heavy atom. The quantitative estimate of drug-likeness (QED) is 0.656. The van der Waals surface area contributed by atoms with Crippen LogP contribution < -0.4 is 19.7 Å². The Morgan fingerprint density at radius 2 is 1.94 bits per heavy atom. The molecule has 2 amide bonds. The molecule has 3 rings (SSSR count). The van der Waals surface area contributed by atoms with E-state index in [-0.39, 0.29) is 18.9 Å². The molecule has 9 heteroatoms. The Hall–Kier alpha value is -3.26. The zero-order valence-corrected chi connectivity index (χ0v) is 18.2. The van der Waals surface area contributed by atoms with E-state index in [2.05, 4.69) is 5.32 Å². The highest BCUT2D eigenvalue weighted by atomic mass is 35.5. The topological polar surface area (TPSA) is 94.2 Å². The van der Waals surface area contributed by atoms with Crippen molar-refractivity contribution in [2.24, 2.45) is 5.92 Å². The summed E-state index contributed by atoms with van der Waals surface area (Å²) < 4.78 is 15.7. The van der Waals surface area contributed by atoms with Crippen molar-refractivity contribution in [1.29, 1.82) is 0 Å². The first-order chi connectivity index (χ1) is 14.8. The molecule has 0 bridgehead atoms. The maximum absolute atomic E-state index is 12.5. The fraction of sp³-hybridized carbons (Fsp3) is 0.318. The predicted molar refractivity (Wildman–Crippen MR) is 116 cm³/mol. The number of ether oxygens (including phenoxy) is 3. The minimum atomic E-state index is -0.690. The fourth-order valence-electron chi connectivity index (χ4n) is 3.23. The molecule has 0 saturated carbocycles. The number of benzene rings is 2. The molecule has 1 heterocycles. The number of carbonyl (C=O) groups excluding carboxylic acids is 3. The molecule has 8 nitrogen and oxygen atoms in total. The maximum Gasteiger partial charge on any atom is 0.311 e. The highest BCUT2D eigenvalue weighted by Gasteiger charge is 2.37. The van der Waals surface area contributed by atoms with E-state index in [0.29, 0.717) is 27.9 Å². The molecule has 0 spiro atoms. The lowest BCUT2D eigenvalue weighted by Crippen LogP contribution is -2.28. The number of anilines is 2. The minimum Gasteiger partial charge on any atom is -0.497 e. The first kappa shape index (κ1) is 22.4. The van der Waals surface area contributed by atoms with Gasteiger partial charge in [0.2, 0.25) is 5.91 Å². The van der Waals surface area contributed by atoms with Gasteiger partial charge in [-0.05, 0) is 36.8 Å². The highest BCUT2D eigenvalue weighted by molar-refractivity contribution is 6.31. The van der Waals surface area contributed by atoms with Gasteiger partial charge in [0.05, 0.1) is 25.8 Å². The van der Waals surface area contributed by atoms with E-state index in [1.807, 2.05) is 6.92 Å². The zero-order chi connectivity index (χ0) is 22.5. The second-order valence-corrected chi connectivity index (χ2v) is 7.47. The third kappa shape index (κ3) is 5.27. The van der Waals surface area contributed by atoms with Crippen molar-refractivity contribution >= 4 is 40.8 Å². The van der Waals surface area contributed by atoms with Crippen molar-refractivity contribution in [3.63, 3.8) is 0 Å². The Labute approximate surface area is 185 Å². The summed E-state index contributed by atoms with van der Waals surface area (Å²) in [6.45, 7) is 1.51. The standard InChI is InChI=1S/C22H23ClN2O6/c1-13-4-5-15(9-17(13)23)24-20(26)12-31-22(28)14-8-21(27)25(11-14)18-10-16(29-2)6-7-19(18)30-3/h4-7,9-10,14H,8,11-12H2,1-3H3,(H,24,26)/t14-/m1/s1. The van der Waals surface area contributed by atoms with Crippen molar-refractivity contribution in [2.75, 3.05) is 37.6 Å². The second kappa shape index (κ2) is 9.70. The summed E-state index contributed by atoms with van der Waals surface area (Å²) in [7, 11) is 3.02. The van der Waals surface area contributed by atoms with Gasteiger partial charge in [-0.2, -0.15) is 0 Å². The number of esters is 1. The number of nitrogens with one attached hydrogen (secondary N) is 1. The number of methoxy groups -OCH3 is 2. The molecule has 164 valence electrons. The number of amides is 2. The molecule has 31 heavy (non-hydrogen) atoms. The molecule has 1 saturated heterocycles. The summed E-state index contributed by atoms with van der Waals surface area (Å²) in [5.41, 5.74) is 1.90. The van der Waals surface area contributed by atoms with Crippen LogP contribution in [-0.4, -0.2) is 45.2 Å². The van der Waals surface area contributed by atoms with Crippen molar-refractivity contribution < 1.29 is 28.6 Å². The first-order valence-electron chi connectivity index (χ1n) is 9.57. The molecule has 2 aromatic rings. The van der Waals surface area contributed by atoms with Crippen molar-refractivity contribution in [3.05, 3.63) is 47.0 Å². The van der Waals surface area contributed by atoms with Crippen LogP contribution in [0.25, 0.3) is 0 Å². The number of aryl methyl sites for hydroxylation is 1. The molecule has 0 aromatic heterocycles. The molecular formula is C22H23ClN2O6. The van der Waals surface area contributed by atoms with E-state index in [9.17, 15) is 14.4 Å². The van der Waals surface area contributed by atoms with Gasteiger partial charge in [0.1, 0.15) is 11.5 Å². The van der Waals surface area contributed by atoms with Crippen LogP contribution in [0.5, 0.6) is 11.5 Å². The van der Waals surface area contributed by atoms with Crippen LogP contribution in [0.2, 0.25) is 5.02 Å². The molecule has 1 fully saturated rings. The van der Waals surface area contributed by atoms with Crippen molar-refractivity contribution in [2.45, 2.75) is 13.3 Å². The van der Waals surface area contributed by atoms with Crippen LogP contribution >= 0.6 is 11.6 Å². The van der Waals surface area contributed by atoms with Crippen LogP contribution in [0.4, 0.5) is 11.4 Å². The lowest BCUT2D eigenvalue weighted by atomic mass is 10.1. The third-order valence-corrected chi connectivity index (χ3v) is 5.34. The largest absolute Gasteiger partial charge is 0.497 e. The molecule has 1 aliphatic heterocycles. The maximum atomic E-state index is 12.5. The van der Waals surface area contributed by atoms with Gasteiger partial charge in [0.15, 0.2) is 6.61 Å². The minimum absolute atomic E-state index is 0.0195. The lowest BCUT2D eigenvalue weighted by molar-refractivity contribution is -0.151. The third-order valence-electron chi connectivity index (χ3n) is 4.94. The summed E-state index contributed by atoms with van der Waals surface area (Å²) in [6.07, 6.45) is -0.0195. The molecule has 0 aliphatic carbocycles. The van der Waals surface area contributed by atoms with Gasteiger partial charge in [-0.15, -0.1) is 0 Å². The Kier molecular flexibility index (Phi) is 7.02. The molecule has 1 atom stereocenters. The van der Waals surface area contributed by atoms with Gasteiger partial charge < -0.3 is 24.4 Å². The Bertz CT molecular complexity index is 1010. The number of nitrogens with zero attached hydrogens (tertiary/aromatic N) is 1. The van der Waals surface area contributed by atoms with Crippen LogP contribution in [0.3, 0.4) is 0 Å². The number of hydrogen-bond acceptors (Lipinski definition) is 6. The van der Waals surface area contributed by atoms with Crippen LogP contribution in [-0.2, 0) is 19.1 Å². The fourth-order valence-corrected chi connectivity index (χ4v) is 3.41. The van der Waals surface area contributed by atoms with E-state index < -0.39 is 24.4 Å². The molecule has 1 N–H and O–H groups in total. The molecular weight excluding hydrogens is 424 g/mol. The molecule has 2 aromatic carbocycles. The number of hydrogen-bond donors (Lipinski definition) is 1. The van der Waals surface area contributed by atoms with E-state index >= 15 is 0 Å². The smallest absolute Gasteiger partial charge is 0.311 e. The van der Waals surface area contributed by atoms with Crippen LogP contribution in [0.15, 0.2) is 36.4 Å². The zero-order valence-electron chi connectivity index (χ0n) is 17.4. The summed E-state index contributed by atoms with van der Waals surface area (Å²) in [5, 5.41) is 3.14. The number of carbonyl (C=O) groups is 3. The average Bonchev–Trinajstić information content (AvgIpc) is 3.15. The van der Waals surface area contributed by atoms with Gasteiger partial charge >= 0.3 is 5.97 Å². The number of rotatable bonds is 7. The van der Waals surface area contributed by atoms with Gasteiger partial charge in [0, 0.05) is 29.7 Å². The molecule has 1 aliphatic rings.